The van der Waals surface area contributed by atoms with Gasteiger partial charge in [-0.25, -0.2) is 4.39 Å². The lowest BCUT2D eigenvalue weighted by Crippen LogP contribution is -2.36. The van der Waals surface area contributed by atoms with E-state index < -0.39 is 0 Å². The van der Waals surface area contributed by atoms with Crippen molar-refractivity contribution >= 4 is 0 Å². The molecule has 2 aliphatic carbocycles. The summed E-state index contributed by atoms with van der Waals surface area (Å²) in [4.78, 5) is 0. The molecule has 0 saturated heterocycles. The normalized spacial score (nSPS) is 29.2. The van der Waals surface area contributed by atoms with Crippen LogP contribution in [0, 0.1) is 17.7 Å². The van der Waals surface area contributed by atoms with E-state index in [1.165, 1.54) is 44.1 Å². The molecule has 0 heterocycles. The molecule has 0 amide bonds. The molecular formula is C17H24FN. The van der Waals surface area contributed by atoms with Gasteiger partial charge < -0.3 is 5.32 Å². The molecule has 3 rings (SSSR count). The second kappa shape index (κ2) is 5.62. The van der Waals surface area contributed by atoms with E-state index in [2.05, 4.69) is 12.2 Å². The maximum absolute atomic E-state index is 12.9. The summed E-state index contributed by atoms with van der Waals surface area (Å²) in [5, 5.41) is 3.74. The molecule has 2 unspecified atom stereocenters. The summed E-state index contributed by atoms with van der Waals surface area (Å²) in [5.41, 5.74) is 1.19. The topological polar surface area (TPSA) is 12.0 Å². The Balaban J connectivity index is 1.56. The molecule has 2 heteroatoms. The lowest BCUT2D eigenvalue weighted by molar-refractivity contribution is 0.249. The summed E-state index contributed by atoms with van der Waals surface area (Å²) in [5.74, 6) is 1.85. The highest BCUT2D eigenvalue weighted by molar-refractivity contribution is 5.19. The third-order valence-electron chi connectivity index (χ3n) is 4.86. The summed E-state index contributed by atoms with van der Waals surface area (Å²) < 4.78 is 12.9. The molecule has 0 radical (unpaired) electrons. The molecule has 1 N–H and O–H groups in total. The molecule has 19 heavy (non-hydrogen) atoms. The van der Waals surface area contributed by atoms with Crippen LogP contribution >= 0.6 is 0 Å². The molecule has 1 aromatic carbocycles. The zero-order chi connectivity index (χ0) is 13.2. The van der Waals surface area contributed by atoms with Gasteiger partial charge in [0.2, 0.25) is 0 Å². The lowest BCUT2D eigenvalue weighted by atomic mass is 9.82. The molecule has 0 spiro atoms. The zero-order valence-corrected chi connectivity index (χ0v) is 11.7. The van der Waals surface area contributed by atoms with Gasteiger partial charge in [0, 0.05) is 12.1 Å². The van der Waals surface area contributed by atoms with Crippen LogP contribution in [0.3, 0.4) is 0 Å². The summed E-state index contributed by atoms with van der Waals surface area (Å²) in [6, 6.07) is 7.88. The van der Waals surface area contributed by atoms with Gasteiger partial charge in [-0.05, 0) is 62.1 Å². The van der Waals surface area contributed by atoms with E-state index in [-0.39, 0.29) is 5.82 Å². The molecule has 0 aromatic heterocycles. The van der Waals surface area contributed by atoms with E-state index >= 15 is 0 Å². The fourth-order valence-electron chi connectivity index (χ4n) is 3.58. The van der Waals surface area contributed by atoms with Crippen molar-refractivity contribution in [2.45, 2.75) is 57.5 Å². The summed E-state index contributed by atoms with van der Waals surface area (Å²) in [7, 11) is 0. The maximum Gasteiger partial charge on any atom is 0.123 e. The van der Waals surface area contributed by atoms with Crippen LogP contribution in [0.5, 0.6) is 0 Å². The Hall–Kier alpha value is -0.890. The van der Waals surface area contributed by atoms with E-state index in [9.17, 15) is 4.39 Å². The van der Waals surface area contributed by atoms with E-state index in [1.807, 2.05) is 12.1 Å². The molecule has 2 saturated carbocycles. The Kier molecular flexibility index (Phi) is 3.88. The summed E-state index contributed by atoms with van der Waals surface area (Å²) >= 11 is 0. The fourth-order valence-corrected chi connectivity index (χ4v) is 3.58. The molecule has 3 atom stereocenters. The van der Waals surface area contributed by atoms with E-state index in [1.54, 1.807) is 12.1 Å². The van der Waals surface area contributed by atoms with Crippen LogP contribution < -0.4 is 5.32 Å². The van der Waals surface area contributed by atoms with Gasteiger partial charge >= 0.3 is 0 Å². The quantitative estimate of drug-likeness (QED) is 0.844. The number of rotatable bonds is 4. The van der Waals surface area contributed by atoms with Gasteiger partial charge in [0.1, 0.15) is 5.82 Å². The van der Waals surface area contributed by atoms with E-state index in [0.717, 1.165) is 11.8 Å². The Labute approximate surface area is 115 Å². The Morgan fingerprint density at radius 2 is 1.79 bits per heavy atom. The lowest BCUT2D eigenvalue weighted by Gasteiger charge is -2.32. The molecule has 1 aromatic rings. The van der Waals surface area contributed by atoms with Gasteiger partial charge in [0.05, 0.1) is 0 Å². The van der Waals surface area contributed by atoms with Gasteiger partial charge in [-0.3, -0.25) is 0 Å². The SMILES string of the molecule is C[C@@H](NC1CCCC(C2CC2)C1)c1ccc(F)cc1. The first-order chi connectivity index (χ1) is 9.22. The van der Waals surface area contributed by atoms with Crippen molar-refractivity contribution in [1.82, 2.24) is 5.32 Å². The second-order valence-corrected chi connectivity index (χ2v) is 6.40. The third kappa shape index (κ3) is 3.36. The molecular weight excluding hydrogens is 237 g/mol. The van der Waals surface area contributed by atoms with Crippen molar-refractivity contribution in [2.24, 2.45) is 11.8 Å². The van der Waals surface area contributed by atoms with Gasteiger partial charge in [-0.1, -0.05) is 25.0 Å². The number of nitrogens with one attached hydrogen (secondary N) is 1. The average molecular weight is 261 g/mol. The predicted octanol–water partition coefficient (Wildman–Crippen LogP) is 4.45. The first kappa shape index (κ1) is 13.1. The maximum atomic E-state index is 12.9. The Bertz CT molecular complexity index is 410. The Morgan fingerprint density at radius 1 is 1.05 bits per heavy atom. The minimum atomic E-state index is -0.151. The smallest absolute Gasteiger partial charge is 0.123 e. The molecule has 1 nitrogen and oxygen atoms in total. The highest BCUT2D eigenvalue weighted by Crippen LogP contribution is 2.44. The van der Waals surface area contributed by atoms with E-state index in [4.69, 9.17) is 0 Å². The standard InChI is InChI=1S/C17H24FN/c1-12(13-7-9-16(18)10-8-13)19-17-4-2-3-15(11-17)14-5-6-14/h7-10,12,14-15,17,19H,2-6,11H2,1H3/t12-,15?,17?/m1/s1. The van der Waals surface area contributed by atoms with Crippen molar-refractivity contribution in [2.75, 3.05) is 0 Å². The monoisotopic (exact) mass is 261 g/mol. The van der Waals surface area contributed by atoms with Gasteiger partial charge in [0.25, 0.3) is 0 Å². The van der Waals surface area contributed by atoms with Crippen LogP contribution in [0.2, 0.25) is 0 Å². The molecule has 0 aliphatic heterocycles. The van der Waals surface area contributed by atoms with Gasteiger partial charge in [-0.2, -0.15) is 0 Å². The molecule has 104 valence electrons. The minimum absolute atomic E-state index is 0.151. The summed E-state index contributed by atoms with van der Waals surface area (Å²) in [6.07, 6.45) is 8.38. The van der Waals surface area contributed by atoms with Crippen LogP contribution in [-0.2, 0) is 0 Å². The van der Waals surface area contributed by atoms with Gasteiger partial charge in [0.15, 0.2) is 0 Å². The highest BCUT2D eigenvalue weighted by Gasteiger charge is 2.34. The first-order valence-electron chi connectivity index (χ1n) is 7.74. The van der Waals surface area contributed by atoms with E-state index in [0.29, 0.717) is 12.1 Å². The van der Waals surface area contributed by atoms with Crippen LogP contribution in [0.4, 0.5) is 4.39 Å². The van der Waals surface area contributed by atoms with Crippen molar-refractivity contribution in [3.05, 3.63) is 35.6 Å². The molecule has 0 bridgehead atoms. The largest absolute Gasteiger partial charge is 0.307 e. The zero-order valence-electron chi connectivity index (χ0n) is 11.7. The number of hydrogen-bond acceptors (Lipinski definition) is 1. The minimum Gasteiger partial charge on any atom is -0.307 e. The van der Waals surface area contributed by atoms with Crippen molar-refractivity contribution in [3.63, 3.8) is 0 Å². The van der Waals surface area contributed by atoms with Crippen LogP contribution in [0.1, 0.15) is 57.1 Å². The summed E-state index contributed by atoms with van der Waals surface area (Å²) in [6.45, 7) is 2.19. The van der Waals surface area contributed by atoms with Crippen LogP contribution in [0.15, 0.2) is 24.3 Å². The van der Waals surface area contributed by atoms with Crippen molar-refractivity contribution < 1.29 is 4.39 Å². The average Bonchev–Trinajstić information content (AvgIpc) is 3.24. The third-order valence-corrected chi connectivity index (χ3v) is 4.86. The number of benzene rings is 1. The molecule has 2 fully saturated rings. The Morgan fingerprint density at radius 3 is 2.47 bits per heavy atom. The first-order valence-corrected chi connectivity index (χ1v) is 7.74. The van der Waals surface area contributed by atoms with Crippen molar-refractivity contribution in [1.29, 1.82) is 0 Å². The van der Waals surface area contributed by atoms with Crippen LogP contribution in [0.25, 0.3) is 0 Å². The predicted molar refractivity (Wildman–Crippen MR) is 76.4 cm³/mol. The highest BCUT2D eigenvalue weighted by atomic mass is 19.1. The van der Waals surface area contributed by atoms with Crippen molar-refractivity contribution in [3.8, 4) is 0 Å². The second-order valence-electron chi connectivity index (χ2n) is 6.40. The number of halogens is 1. The van der Waals surface area contributed by atoms with Gasteiger partial charge in [-0.15, -0.1) is 0 Å². The van der Waals surface area contributed by atoms with Crippen LogP contribution in [-0.4, -0.2) is 6.04 Å². The fraction of sp³-hybridized carbons (Fsp3) is 0.647. The molecule has 2 aliphatic rings. The number of hydrogen-bond donors (Lipinski definition) is 1.